The number of aliphatic hydroxyl groups is 2. The highest BCUT2D eigenvalue weighted by atomic mass is 16.5. The van der Waals surface area contributed by atoms with Crippen molar-refractivity contribution in [3.05, 3.63) is 41.0 Å². The molecule has 0 aliphatic heterocycles. The molecule has 0 aliphatic rings. The van der Waals surface area contributed by atoms with Gasteiger partial charge in [-0.15, -0.1) is 0 Å². The van der Waals surface area contributed by atoms with Crippen LogP contribution in [0, 0.1) is 6.92 Å². The summed E-state index contributed by atoms with van der Waals surface area (Å²) in [6.45, 7) is 3.96. The minimum absolute atomic E-state index is 0.122. The molecule has 0 radical (unpaired) electrons. The van der Waals surface area contributed by atoms with E-state index >= 15 is 0 Å². The monoisotopic (exact) mass is 280 g/mol. The van der Waals surface area contributed by atoms with Crippen molar-refractivity contribution in [3.63, 3.8) is 0 Å². The van der Waals surface area contributed by atoms with Crippen LogP contribution in [0.2, 0.25) is 0 Å². The number of phenolic OH excluding ortho intramolecular Hbond substituents is 1. The molecule has 0 aliphatic carbocycles. The van der Waals surface area contributed by atoms with E-state index in [4.69, 9.17) is 4.74 Å². The molecule has 1 rings (SSSR count). The average Bonchev–Trinajstić information content (AvgIpc) is 2.43. The summed E-state index contributed by atoms with van der Waals surface area (Å²) in [4.78, 5) is 11.6. The highest BCUT2D eigenvalue weighted by Gasteiger charge is 2.33. The smallest absolute Gasteiger partial charge is 0.333 e. The predicted molar refractivity (Wildman–Crippen MR) is 74.2 cm³/mol. The van der Waals surface area contributed by atoms with E-state index in [9.17, 15) is 20.1 Å². The molecule has 0 saturated heterocycles. The lowest BCUT2D eigenvalue weighted by Gasteiger charge is -2.26. The van der Waals surface area contributed by atoms with Crippen LogP contribution in [0.15, 0.2) is 29.8 Å². The highest BCUT2D eigenvalue weighted by molar-refractivity contribution is 5.87. The van der Waals surface area contributed by atoms with Gasteiger partial charge in [0.05, 0.1) is 6.61 Å². The molecule has 0 fully saturated rings. The number of allylic oxidation sites excluding steroid dienone is 1. The molecule has 5 heteroatoms. The van der Waals surface area contributed by atoms with Crippen molar-refractivity contribution in [2.24, 2.45) is 0 Å². The lowest BCUT2D eigenvalue weighted by atomic mass is 9.93. The number of esters is 1. The van der Waals surface area contributed by atoms with Crippen LogP contribution in [0.4, 0.5) is 0 Å². The van der Waals surface area contributed by atoms with E-state index in [0.717, 1.165) is 5.56 Å². The fourth-order valence-corrected chi connectivity index (χ4v) is 1.66. The first kappa shape index (κ1) is 16.2. The first-order valence-electron chi connectivity index (χ1n) is 6.27. The van der Waals surface area contributed by atoms with Crippen molar-refractivity contribution in [3.8, 4) is 5.75 Å². The van der Waals surface area contributed by atoms with Crippen molar-refractivity contribution in [2.75, 3.05) is 13.2 Å². The molecule has 3 N–H and O–H groups in total. The lowest BCUT2D eigenvalue weighted by molar-refractivity contribution is -0.150. The molecule has 1 atom stereocenters. The van der Waals surface area contributed by atoms with Crippen LogP contribution < -0.4 is 0 Å². The molecular formula is C15H20O5. The topological polar surface area (TPSA) is 87.0 Å². The molecule has 0 saturated carbocycles. The van der Waals surface area contributed by atoms with Gasteiger partial charge >= 0.3 is 5.97 Å². The Kier molecular flexibility index (Phi) is 5.30. The number of carbonyl (C=O) groups excluding carboxylic acids is 1. The maximum absolute atomic E-state index is 11.6. The first-order chi connectivity index (χ1) is 9.34. The summed E-state index contributed by atoms with van der Waals surface area (Å²) in [6, 6.07) is 4.65. The van der Waals surface area contributed by atoms with Crippen LogP contribution in [0.3, 0.4) is 0 Å². The van der Waals surface area contributed by atoms with Crippen LogP contribution in [0.5, 0.6) is 5.75 Å². The van der Waals surface area contributed by atoms with E-state index in [-0.39, 0.29) is 11.3 Å². The van der Waals surface area contributed by atoms with Gasteiger partial charge in [0.15, 0.2) is 0 Å². The summed E-state index contributed by atoms with van der Waals surface area (Å²) >= 11 is 0. The number of hydrogen-bond acceptors (Lipinski definition) is 5. The lowest BCUT2D eigenvalue weighted by Crippen LogP contribution is -2.36. The zero-order valence-electron chi connectivity index (χ0n) is 11.9. The van der Waals surface area contributed by atoms with Gasteiger partial charge < -0.3 is 20.1 Å². The number of rotatable bonds is 5. The summed E-state index contributed by atoms with van der Waals surface area (Å²) in [5, 5.41) is 29.6. The maximum Gasteiger partial charge on any atom is 0.333 e. The van der Waals surface area contributed by atoms with Crippen molar-refractivity contribution in [1.82, 2.24) is 0 Å². The Morgan fingerprint density at radius 1 is 1.45 bits per heavy atom. The molecule has 0 amide bonds. The van der Waals surface area contributed by atoms with Crippen LogP contribution in [0.25, 0.3) is 0 Å². The van der Waals surface area contributed by atoms with Gasteiger partial charge in [0, 0.05) is 11.1 Å². The van der Waals surface area contributed by atoms with Gasteiger partial charge in [-0.3, -0.25) is 0 Å². The molecule has 0 spiro atoms. The highest BCUT2D eigenvalue weighted by Crippen LogP contribution is 2.30. The Hall–Kier alpha value is -1.85. The second kappa shape index (κ2) is 6.54. The first-order valence-corrected chi connectivity index (χ1v) is 6.27. The van der Waals surface area contributed by atoms with E-state index in [1.54, 1.807) is 32.9 Å². The van der Waals surface area contributed by atoms with Crippen molar-refractivity contribution >= 4 is 5.97 Å². The third-order valence-corrected chi connectivity index (χ3v) is 3.11. The summed E-state index contributed by atoms with van der Waals surface area (Å²) < 4.78 is 4.96. The summed E-state index contributed by atoms with van der Waals surface area (Å²) in [7, 11) is 0. The molecule has 110 valence electrons. The van der Waals surface area contributed by atoms with E-state index < -0.39 is 24.8 Å². The quantitative estimate of drug-likeness (QED) is 0.560. The van der Waals surface area contributed by atoms with E-state index in [1.165, 1.54) is 12.1 Å². The maximum atomic E-state index is 11.6. The van der Waals surface area contributed by atoms with E-state index in [2.05, 4.69) is 0 Å². The zero-order valence-corrected chi connectivity index (χ0v) is 11.9. The Morgan fingerprint density at radius 2 is 2.10 bits per heavy atom. The summed E-state index contributed by atoms with van der Waals surface area (Å²) in [5.74, 6) is -0.730. The molecule has 0 unspecified atom stereocenters. The van der Waals surface area contributed by atoms with Gasteiger partial charge in [-0.1, -0.05) is 18.2 Å². The zero-order chi connectivity index (χ0) is 15.3. The third-order valence-electron chi connectivity index (χ3n) is 3.11. The van der Waals surface area contributed by atoms with E-state index in [0.29, 0.717) is 5.57 Å². The summed E-state index contributed by atoms with van der Waals surface area (Å²) in [6.07, 6.45) is 1.59. The molecule has 1 aromatic carbocycles. The Labute approximate surface area is 118 Å². The van der Waals surface area contributed by atoms with Crippen molar-refractivity contribution < 1.29 is 24.9 Å². The van der Waals surface area contributed by atoms with Gasteiger partial charge in [-0.25, -0.2) is 4.79 Å². The van der Waals surface area contributed by atoms with Crippen LogP contribution in [-0.4, -0.2) is 34.5 Å². The van der Waals surface area contributed by atoms with Gasteiger partial charge in [0.25, 0.3) is 0 Å². The Balaban J connectivity index is 2.94. The number of aromatic hydroxyl groups is 1. The number of hydrogen-bond donors (Lipinski definition) is 3. The fourth-order valence-electron chi connectivity index (χ4n) is 1.66. The molecule has 0 heterocycles. The van der Waals surface area contributed by atoms with E-state index in [1.807, 2.05) is 0 Å². The molecule has 5 nitrogen and oxygen atoms in total. The number of ether oxygens (including phenoxy) is 1. The number of aliphatic hydroxyl groups excluding tert-OH is 1. The SMILES string of the molecule is C/C=C(/C)C(=O)OC[C@](O)(CO)c1ccc(C)cc1O. The molecular weight excluding hydrogens is 260 g/mol. The van der Waals surface area contributed by atoms with Crippen LogP contribution in [0.1, 0.15) is 25.0 Å². The Bertz CT molecular complexity index is 521. The minimum Gasteiger partial charge on any atom is -0.508 e. The number of carbonyl (C=O) groups is 1. The second-order valence-electron chi connectivity index (χ2n) is 4.76. The van der Waals surface area contributed by atoms with Crippen molar-refractivity contribution in [1.29, 1.82) is 0 Å². The van der Waals surface area contributed by atoms with Crippen molar-refractivity contribution in [2.45, 2.75) is 26.4 Å². The number of benzene rings is 1. The van der Waals surface area contributed by atoms with Gasteiger partial charge in [0.2, 0.25) is 0 Å². The average molecular weight is 280 g/mol. The van der Waals surface area contributed by atoms with Crippen LogP contribution in [-0.2, 0) is 15.1 Å². The molecule has 20 heavy (non-hydrogen) atoms. The standard InChI is InChI=1S/C15H20O5/c1-4-11(3)14(18)20-9-15(19,8-16)12-6-5-10(2)7-13(12)17/h4-7,16-17,19H,8-9H2,1-3H3/b11-4-/t15-/m1/s1. The number of aryl methyl sites for hydroxylation is 1. The Morgan fingerprint density at radius 3 is 2.60 bits per heavy atom. The largest absolute Gasteiger partial charge is 0.508 e. The summed E-state index contributed by atoms with van der Waals surface area (Å²) in [5.41, 5.74) is -0.496. The number of phenols is 1. The van der Waals surface area contributed by atoms with Crippen LogP contribution >= 0.6 is 0 Å². The normalized spacial score (nSPS) is 14.8. The third kappa shape index (κ3) is 3.59. The van der Waals surface area contributed by atoms with Gasteiger partial charge in [-0.2, -0.15) is 0 Å². The molecule has 0 bridgehead atoms. The van der Waals surface area contributed by atoms with Gasteiger partial charge in [-0.05, 0) is 32.4 Å². The molecule has 0 aromatic heterocycles. The second-order valence-corrected chi connectivity index (χ2v) is 4.76. The predicted octanol–water partition coefficient (Wildman–Crippen LogP) is 1.39. The minimum atomic E-state index is -1.83. The molecule has 1 aromatic rings. The van der Waals surface area contributed by atoms with Gasteiger partial charge in [0.1, 0.15) is 18.0 Å². The fraction of sp³-hybridized carbons (Fsp3) is 0.400.